The Bertz CT molecular complexity index is 635. The van der Waals surface area contributed by atoms with E-state index in [0.29, 0.717) is 23.5 Å². The Morgan fingerprint density at radius 2 is 2.14 bits per heavy atom. The minimum atomic E-state index is -0.565. The van der Waals surface area contributed by atoms with Crippen molar-refractivity contribution in [3.63, 3.8) is 0 Å². The highest BCUT2D eigenvalue weighted by Gasteiger charge is 2.34. The van der Waals surface area contributed by atoms with Gasteiger partial charge in [0, 0.05) is 11.1 Å². The number of esters is 1. The van der Waals surface area contributed by atoms with Crippen molar-refractivity contribution >= 4 is 17.6 Å². The summed E-state index contributed by atoms with van der Waals surface area (Å²) in [5, 5.41) is 8.76. The Morgan fingerprint density at radius 3 is 2.76 bits per heavy atom. The van der Waals surface area contributed by atoms with Gasteiger partial charge in [0.25, 0.3) is 0 Å². The second-order valence-electron chi connectivity index (χ2n) is 5.06. The summed E-state index contributed by atoms with van der Waals surface area (Å²) in [5.74, 6) is -0.238. The third kappa shape index (κ3) is 2.93. The predicted octanol–water partition coefficient (Wildman–Crippen LogP) is 2.96. The zero-order valence-corrected chi connectivity index (χ0v) is 12.5. The highest BCUT2D eigenvalue weighted by Crippen LogP contribution is 2.38. The number of aromatic nitrogens is 3. The van der Waals surface area contributed by atoms with Gasteiger partial charge in [-0.1, -0.05) is 23.7 Å². The van der Waals surface area contributed by atoms with Crippen LogP contribution in [0.25, 0.3) is 0 Å². The van der Waals surface area contributed by atoms with Gasteiger partial charge in [-0.15, -0.1) is 10.2 Å². The van der Waals surface area contributed by atoms with E-state index < -0.39 is 5.92 Å². The Morgan fingerprint density at radius 1 is 1.43 bits per heavy atom. The van der Waals surface area contributed by atoms with Crippen LogP contribution in [0.2, 0.25) is 5.02 Å². The Balaban J connectivity index is 2.00. The van der Waals surface area contributed by atoms with E-state index in [-0.39, 0.29) is 5.97 Å². The molecule has 0 saturated heterocycles. The van der Waals surface area contributed by atoms with Crippen LogP contribution in [0.4, 0.5) is 0 Å². The summed E-state index contributed by atoms with van der Waals surface area (Å²) in [6.45, 7) is 2.13. The van der Waals surface area contributed by atoms with Crippen molar-refractivity contribution in [3.05, 3.63) is 47.0 Å². The molecular formula is C15H16ClN3O2. The summed E-state index contributed by atoms with van der Waals surface area (Å²) in [6.07, 6.45) is 3.89. The lowest BCUT2D eigenvalue weighted by Gasteiger charge is -2.16. The number of nitrogens with zero attached hydrogens (tertiary/aromatic N) is 3. The molecule has 0 radical (unpaired) electrons. The van der Waals surface area contributed by atoms with Gasteiger partial charge >= 0.3 is 5.97 Å². The third-order valence-corrected chi connectivity index (χ3v) is 3.78. The number of ether oxygens (including phenoxy) is 1. The second-order valence-corrected chi connectivity index (χ2v) is 5.50. The number of carbonyl (C=O) groups is 1. The summed E-state index contributed by atoms with van der Waals surface area (Å²) in [6, 6.07) is 7.59. The van der Waals surface area contributed by atoms with Crippen LogP contribution in [0.15, 0.2) is 30.6 Å². The molecule has 1 heterocycles. The van der Waals surface area contributed by atoms with E-state index in [0.717, 1.165) is 18.4 Å². The summed E-state index contributed by atoms with van der Waals surface area (Å²) >= 11 is 5.92. The lowest BCUT2D eigenvalue weighted by atomic mass is 9.98. The van der Waals surface area contributed by atoms with Crippen LogP contribution in [0, 0.1) is 0 Å². The molecule has 6 heteroatoms. The fourth-order valence-electron chi connectivity index (χ4n) is 2.36. The molecule has 1 atom stereocenters. The monoisotopic (exact) mass is 305 g/mol. The lowest BCUT2D eigenvalue weighted by molar-refractivity contribution is -0.144. The van der Waals surface area contributed by atoms with Gasteiger partial charge in [-0.25, -0.2) is 0 Å². The number of rotatable bonds is 5. The van der Waals surface area contributed by atoms with Crippen molar-refractivity contribution in [1.82, 2.24) is 14.8 Å². The molecular weight excluding hydrogens is 290 g/mol. The molecule has 1 aliphatic carbocycles. The second kappa shape index (κ2) is 5.85. The van der Waals surface area contributed by atoms with E-state index in [1.54, 1.807) is 25.4 Å². The maximum atomic E-state index is 12.4. The molecule has 21 heavy (non-hydrogen) atoms. The Labute approximate surface area is 127 Å². The highest BCUT2D eigenvalue weighted by molar-refractivity contribution is 6.30. The number of halogens is 1. The first-order valence-electron chi connectivity index (χ1n) is 7.02. The van der Waals surface area contributed by atoms with Gasteiger partial charge in [-0.05, 0) is 37.5 Å². The molecule has 0 amide bonds. The number of benzene rings is 1. The van der Waals surface area contributed by atoms with E-state index in [9.17, 15) is 4.79 Å². The summed E-state index contributed by atoms with van der Waals surface area (Å²) < 4.78 is 7.20. The topological polar surface area (TPSA) is 57.0 Å². The summed E-state index contributed by atoms with van der Waals surface area (Å²) in [5.41, 5.74) is 0.813. The van der Waals surface area contributed by atoms with Crippen molar-refractivity contribution in [2.75, 3.05) is 6.61 Å². The van der Waals surface area contributed by atoms with E-state index in [1.807, 2.05) is 16.7 Å². The lowest BCUT2D eigenvalue weighted by Crippen LogP contribution is -2.21. The van der Waals surface area contributed by atoms with Crippen molar-refractivity contribution in [2.24, 2.45) is 0 Å². The van der Waals surface area contributed by atoms with E-state index in [2.05, 4.69) is 10.2 Å². The first-order valence-corrected chi connectivity index (χ1v) is 7.40. The van der Waals surface area contributed by atoms with Crippen molar-refractivity contribution < 1.29 is 9.53 Å². The number of hydrogen-bond acceptors (Lipinski definition) is 4. The molecule has 5 nitrogen and oxygen atoms in total. The van der Waals surface area contributed by atoms with Crippen molar-refractivity contribution in [2.45, 2.75) is 31.7 Å². The molecule has 0 N–H and O–H groups in total. The van der Waals surface area contributed by atoms with Crippen LogP contribution in [-0.4, -0.2) is 27.3 Å². The van der Waals surface area contributed by atoms with Gasteiger partial charge in [0.15, 0.2) is 5.82 Å². The molecule has 1 fully saturated rings. The molecule has 0 bridgehead atoms. The van der Waals surface area contributed by atoms with E-state index in [4.69, 9.17) is 16.3 Å². The SMILES string of the molecule is CCOC(=O)C(c1ccc(Cl)cc1)c1nncn1C1CC1. The van der Waals surface area contributed by atoms with E-state index >= 15 is 0 Å². The molecule has 1 unspecified atom stereocenters. The van der Waals surface area contributed by atoms with Crippen LogP contribution in [-0.2, 0) is 9.53 Å². The molecule has 1 aliphatic rings. The van der Waals surface area contributed by atoms with Crippen LogP contribution in [0.1, 0.15) is 43.1 Å². The van der Waals surface area contributed by atoms with Crippen LogP contribution >= 0.6 is 11.6 Å². The average molecular weight is 306 g/mol. The molecule has 1 aromatic heterocycles. The van der Waals surface area contributed by atoms with Crippen LogP contribution in [0.3, 0.4) is 0 Å². The van der Waals surface area contributed by atoms with Crippen molar-refractivity contribution in [1.29, 1.82) is 0 Å². The summed E-state index contributed by atoms with van der Waals surface area (Å²) in [4.78, 5) is 12.4. The van der Waals surface area contributed by atoms with Gasteiger partial charge in [0.05, 0.1) is 6.61 Å². The highest BCUT2D eigenvalue weighted by atomic mass is 35.5. The minimum absolute atomic E-state index is 0.310. The molecule has 2 aromatic rings. The van der Waals surface area contributed by atoms with Gasteiger partial charge in [0.2, 0.25) is 0 Å². The number of carbonyl (C=O) groups excluding carboxylic acids is 1. The standard InChI is InChI=1S/C15H16ClN3O2/c1-2-21-15(20)13(10-3-5-11(16)6-4-10)14-18-17-9-19(14)12-7-8-12/h3-6,9,12-13H,2,7-8H2,1H3. The number of hydrogen-bond donors (Lipinski definition) is 0. The maximum absolute atomic E-state index is 12.4. The minimum Gasteiger partial charge on any atom is -0.465 e. The van der Waals surface area contributed by atoms with Crippen LogP contribution in [0.5, 0.6) is 0 Å². The van der Waals surface area contributed by atoms with Crippen molar-refractivity contribution in [3.8, 4) is 0 Å². The molecule has 1 saturated carbocycles. The zero-order chi connectivity index (χ0) is 14.8. The van der Waals surface area contributed by atoms with Gasteiger partial charge in [-0.2, -0.15) is 0 Å². The first-order chi connectivity index (χ1) is 10.2. The quantitative estimate of drug-likeness (QED) is 0.797. The van der Waals surface area contributed by atoms with E-state index in [1.165, 1.54) is 0 Å². The Hall–Kier alpha value is -1.88. The smallest absolute Gasteiger partial charge is 0.321 e. The normalized spacial score (nSPS) is 15.7. The molecule has 3 rings (SSSR count). The Kier molecular flexibility index (Phi) is 3.92. The van der Waals surface area contributed by atoms with Gasteiger partial charge < -0.3 is 9.30 Å². The van der Waals surface area contributed by atoms with Crippen LogP contribution < -0.4 is 0 Å². The first kappa shape index (κ1) is 14.1. The molecule has 1 aromatic carbocycles. The fourth-order valence-corrected chi connectivity index (χ4v) is 2.49. The fraction of sp³-hybridized carbons (Fsp3) is 0.400. The average Bonchev–Trinajstić information content (AvgIpc) is 3.21. The zero-order valence-electron chi connectivity index (χ0n) is 11.7. The molecule has 0 spiro atoms. The maximum Gasteiger partial charge on any atom is 0.321 e. The molecule has 0 aliphatic heterocycles. The molecule has 110 valence electrons. The summed E-state index contributed by atoms with van der Waals surface area (Å²) in [7, 11) is 0. The predicted molar refractivity (Wildman–Crippen MR) is 78.2 cm³/mol. The third-order valence-electron chi connectivity index (χ3n) is 3.52. The van der Waals surface area contributed by atoms with Gasteiger partial charge in [0.1, 0.15) is 12.2 Å². The largest absolute Gasteiger partial charge is 0.465 e. The van der Waals surface area contributed by atoms with Gasteiger partial charge in [-0.3, -0.25) is 4.79 Å².